The fourth-order valence-electron chi connectivity index (χ4n) is 4.37. The number of fused-ring (bicyclic) bond motifs is 1. The van der Waals surface area contributed by atoms with Crippen LogP contribution in [0.3, 0.4) is 0 Å². The summed E-state index contributed by atoms with van der Waals surface area (Å²) in [6, 6.07) is 8.76. The molecule has 2 bridgehead atoms. The van der Waals surface area contributed by atoms with Gasteiger partial charge in [0, 0.05) is 11.8 Å². The van der Waals surface area contributed by atoms with E-state index >= 15 is 0 Å². The second-order valence-electron chi connectivity index (χ2n) is 7.34. The molecule has 2 aromatic rings. The Bertz CT molecular complexity index is 982. The van der Waals surface area contributed by atoms with Crippen molar-refractivity contribution in [3.05, 3.63) is 48.2 Å². The van der Waals surface area contributed by atoms with Crippen molar-refractivity contribution in [2.24, 2.45) is 11.8 Å². The van der Waals surface area contributed by atoms with E-state index in [2.05, 4.69) is 10.5 Å². The van der Waals surface area contributed by atoms with Gasteiger partial charge < -0.3 is 19.3 Å². The monoisotopic (exact) mass is 381 g/mol. The molecule has 5 rings (SSSR count). The molecule has 8 nitrogen and oxygen atoms in total. The fraction of sp³-hybridized carbons (Fsp3) is 0.350. The maximum atomic E-state index is 13.2. The van der Waals surface area contributed by atoms with Crippen LogP contribution in [-0.4, -0.2) is 42.3 Å². The summed E-state index contributed by atoms with van der Waals surface area (Å²) in [5.41, 5.74) is -0.155. The van der Waals surface area contributed by atoms with Crippen molar-refractivity contribution in [3.63, 3.8) is 0 Å². The lowest BCUT2D eigenvalue weighted by molar-refractivity contribution is -0.128. The first-order valence-corrected chi connectivity index (χ1v) is 9.07. The number of rotatable bonds is 4. The predicted molar refractivity (Wildman–Crippen MR) is 98.9 cm³/mol. The van der Waals surface area contributed by atoms with Gasteiger partial charge in [-0.25, -0.2) is 0 Å². The van der Waals surface area contributed by atoms with E-state index in [4.69, 9.17) is 14.0 Å². The molecule has 1 aromatic heterocycles. The Balaban J connectivity index is 1.41. The molecule has 0 saturated carbocycles. The van der Waals surface area contributed by atoms with Crippen LogP contribution in [0.4, 0.5) is 11.5 Å². The molecule has 0 radical (unpaired) electrons. The average molecular weight is 381 g/mol. The summed E-state index contributed by atoms with van der Waals surface area (Å²) in [4.78, 5) is 27.7. The highest BCUT2D eigenvalue weighted by atomic mass is 16.5. The van der Waals surface area contributed by atoms with E-state index in [1.165, 1.54) is 0 Å². The Morgan fingerprint density at radius 1 is 1.36 bits per heavy atom. The largest absolute Gasteiger partial charge is 0.497 e. The molecule has 1 aromatic carbocycles. The Labute approximate surface area is 161 Å². The topological polar surface area (TPSA) is 93.9 Å². The Morgan fingerprint density at radius 3 is 2.82 bits per heavy atom. The molecule has 4 atom stereocenters. The fourth-order valence-corrected chi connectivity index (χ4v) is 4.37. The molecule has 144 valence electrons. The van der Waals surface area contributed by atoms with Crippen molar-refractivity contribution in [3.8, 4) is 5.75 Å². The maximum Gasteiger partial charge on any atom is 0.235 e. The minimum Gasteiger partial charge on any atom is -0.497 e. The molecule has 8 heteroatoms. The number of anilines is 2. The third-order valence-electron chi connectivity index (χ3n) is 5.65. The summed E-state index contributed by atoms with van der Waals surface area (Å²) in [7, 11) is 1.58. The van der Waals surface area contributed by atoms with Gasteiger partial charge >= 0.3 is 0 Å². The van der Waals surface area contributed by atoms with Crippen molar-refractivity contribution < 1.29 is 23.6 Å². The zero-order valence-corrected chi connectivity index (χ0v) is 15.4. The summed E-state index contributed by atoms with van der Waals surface area (Å²) in [5, 5.41) is 6.84. The first kappa shape index (κ1) is 17.0. The summed E-state index contributed by atoms with van der Waals surface area (Å²) in [5.74, 6) is 0.170. The number of hydrogen-bond donors (Lipinski definition) is 1. The summed E-state index contributed by atoms with van der Waals surface area (Å²) >= 11 is 0. The molecular weight excluding hydrogens is 362 g/mol. The number of nitrogens with zero attached hydrogens (tertiary/aromatic N) is 2. The van der Waals surface area contributed by atoms with E-state index in [0.29, 0.717) is 29.6 Å². The normalized spacial score (nSPS) is 30.0. The number of carbonyl (C=O) groups excluding carboxylic acids is 2. The molecule has 2 fully saturated rings. The number of ether oxygens (including phenoxy) is 2. The molecule has 3 aliphatic rings. The van der Waals surface area contributed by atoms with Crippen LogP contribution >= 0.6 is 0 Å². The third kappa shape index (κ3) is 2.37. The van der Waals surface area contributed by atoms with Gasteiger partial charge in [-0.3, -0.25) is 14.5 Å². The Kier molecular flexibility index (Phi) is 3.60. The number of amides is 2. The molecule has 2 amide bonds. The maximum absolute atomic E-state index is 13.2. The van der Waals surface area contributed by atoms with Crippen LogP contribution in [0.2, 0.25) is 0 Å². The summed E-state index contributed by atoms with van der Waals surface area (Å²) in [6.07, 6.45) is 3.37. The van der Waals surface area contributed by atoms with Gasteiger partial charge in [-0.15, -0.1) is 0 Å². The van der Waals surface area contributed by atoms with Crippen LogP contribution in [0.1, 0.15) is 5.76 Å². The molecule has 0 aliphatic carbocycles. The van der Waals surface area contributed by atoms with Gasteiger partial charge in [-0.05, 0) is 31.2 Å². The minimum absolute atomic E-state index is 0.171. The van der Waals surface area contributed by atoms with Gasteiger partial charge in [-0.1, -0.05) is 17.3 Å². The number of aryl methyl sites for hydroxylation is 1. The zero-order chi connectivity index (χ0) is 19.5. The highest BCUT2D eigenvalue weighted by Gasteiger charge is 2.67. The van der Waals surface area contributed by atoms with Gasteiger partial charge in [0.15, 0.2) is 5.82 Å². The van der Waals surface area contributed by atoms with Crippen LogP contribution in [-0.2, 0) is 14.3 Å². The smallest absolute Gasteiger partial charge is 0.235 e. The number of aromatic nitrogens is 1. The van der Waals surface area contributed by atoms with Gasteiger partial charge in [0.25, 0.3) is 0 Å². The standard InChI is InChI=1S/C20H19N3O5/c1-11-9-15(22-28-11)23-10-20-8-7-14(27-20)16(17(20)19(23)25)18(24)21-12-3-5-13(26-2)6-4-12/h3-9,14,16-17H,10H2,1-2H3,(H,21,24)/t14-,16+,17-,20+/m1/s1. The highest BCUT2D eigenvalue weighted by Crippen LogP contribution is 2.52. The minimum atomic E-state index is -0.795. The summed E-state index contributed by atoms with van der Waals surface area (Å²) < 4.78 is 16.3. The molecule has 28 heavy (non-hydrogen) atoms. The number of benzene rings is 1. The van der Waals surface area contributed by atoms with E-state index in [9.17, 15) is 9.59 Å². The van der Waals surface area contributed by atoms with Gasteiger partial charge in [0.1, 0.15) is 17.1 Å². The zero-order valence-electron chi connectivity index (χ0n) is 15.4. The van der Waals surface area contributed by atoms with E-state index in [1.807, 2.05) is 12.2 Å². The van der Waals surface area contributed by atoms with Gasteiger partial charge in [-0.2, -0.15) is 0 Å². The van der Waals surface area contributed by atoms with E-state index < -0.39 is 23.5 Å². The van der Waals surface area contributed by atoms with Gasteiger partial charge in [0.2, 0.25) is 11.8 Å². The van der Waals surface area contributed by atoms with Crippen molar-refractivity contribution in [1.29, 1.82) is 0 Å². The number of methoxy groups -OCH3 is 1. The van der Waals surface area contributed by atoms with Crippen LogP contribution in [0, 0.1) is 18.8 Å². The SMILES string of the molecule is COc1ccc(NC(=O)[C@H]2[C@H]3C=C[C@@]4(CN(c5cc(C)on5)C(=O)[C@@H]24)O3)cc1. The quantitative estimate of drug-likeness (QED) is 0.814. The number of nitrogens with one attached hydrogen (secondary N) is 1. The Hall–Kier alpha value is -3.13. The lowest BCUT2D eigenvalue weighted by Gasteiger charge is -2.23. The van der Waals surface area contributed by atoms with Crippen LogP contribution in [0.5, 0.6) is 5.75 Å². The van der Waals surface area contributed by atoms with E-state index in [0.717, 1.165) is 0 Å². The first-order valence-electron chi connectivity index (χ1n) is 9.07. The van der Waals surface area contributed by atoms with Crippen molar-refractivity contribution in [2.45, 2.75) is 18.6 Å². The molecule has 1 spiro atoms. The second-order valence-corrected chi connectivity index (χ2v) is 7.34. The van der Waals surface area contributed by atoms with Crippen LogP contribution in [0.25, 0.3) is 0 Å². The lowest BCUT2D eigenvalue weighted by Crippen LogP contribution is -2.41. The van der Waals surface area contributed by atoms with Crippen molar-refractivity contribution >= 4 is 23.3 Å². The highest BCUT2D eigenvalue weighted by molar-refractivity contribution is 6.05. The van der Waals surface area contributed by atoms with Gasteiger partial charge in [0.05, 0.1) is 31.6 Å². The molecule has 3 aliphatic heterocycles. The number of carbonyl (C=O) groups is 2. The third-order valence-corrected chi connectivity index (χ3v) is 5.65. The second kappa shape index (κ2) is 5.93. The van der Waals surface area contributed by atoms with Crippen LogP contribution < -0.4 is 15.0 Å². The molecule has 4 heterocycles. The Morgan fingerprint density at radius 2 is 2.14 bits per heavy atom. The lowest BCUT2D eigenvalue weighted by atomic mass is 9.77. The first-order chi connectivity index (χ1) is 13.5. The van der Waals surface area contributed by atoms with Crippen LogP contribution in [0.15, 0.2) is 47.0 Å². The molecular formula is C20H19N3O5. The molecule has 0 unspecified atom stereocenters. The predicted octanol–water partition coefficient (Wildman–Crippen LogP) is 1.92. The summed E-state index contributed by atoms with van der Waals surface area (Å²) in [6.45, 7) is 2.09. The molecule has 2 saturated heterocycles. The van der Waals surface area contributed by atoms with E-state index in [1.54, 1.807) is 49.3 Å². The molecule has 1 N–H and O–H groups in total. The van der Waals surface area contributed by atoms with E-state index in [-0.39, 0.29) is 11.8 Å². The van der Waals surface area contributed by atoms with Crippen molar-refractivity contribution in [1.82, 2.24) is 5.16 Å². The van der Waals surface area contributed by atoms with Crippen molar-refractivity contribution in [2.75, 3.05) is 23.9 Å². The number of hydrogen-bond acceptors (Lipinski definition) is 6. The average Bonchev–Trinajstić information content (AvgIpc) is 3.43.